The summed E-state index contributed by atoms with van der Waals surface area (Å²) in [5, 5.41) is 0. The Morgan fingerprint density at radius 3 is 2.71 bits per heavy atom. The first kappa shape index (κ1) is 10.2. The number of aryl methyl sites for hydroxylation is 1. The molecule has 1 nitrogen and oxygen atoms in total. The van der Waals surface area contributed by atoms with Crippen molar-refractivity contribution in [2.45, 2.75) is 38.6 Å². The Morgan fingerprint density at radius 1 is 1.29 bits per heavy atom. The maximum atomic E-state index is 5.89. The highest BCUT2D eigenvalue weighted by atomic mass is 79.9. The SMILES string of the molecule is CC(N)c1cc(Br)c2c(c1)CCCC2. The van der Waals surface area contributed by atoms with E-state index in [4.69, 9.17) is 5.73 Å². The fourth-order valence-electron chi connectivity index (χ4n) is 2.10. The molecule has 2 rings (SSSR count). The van der Waals surface area contributed by atoms with Crippen molar-refractivity contribution in [3.63, 3.8) is 0 Å². The van der Waals surface area contributed by atoms with Gasteiger partial charge in [-0.2, -0.15) is 0 Å². The molecule has 1 unspecified atom stereocenters. The van der Waals surface area contributed by atoms with Crippen LogP contribution in [0.25, 0.3) is 0 Å². The number of nitrogens with two attached hydrogens (primary N) is 1. The Kier molecular flexibility index (Phi) is 2.93. The van der Waals surface area contributed by atoms with Crippen LogP contribution in [0, 0.1) is 0 Å². The molecule has 2 N–H and O–H groups in total. The molecule has 1 atom stereocenters. The molecule has 0 saturated heterocycles. The summed E-state index contributed by atoms with van der Waals surface area (Å²) in [7, 11) is 0. The van der Waals surface area contributed by atoms with Gasteiger partial charge in [0.15, 0.2) is 0 Å². The minimum Gasteiger partial charge on any atom is -0.324 e. The van der Waals surface area contributed by atoms with Crippen LogP contribution < -0.4 is 5.73 Å². The first-order chi connectivity index (χ1) is 6.68. The Hall–Kier alpha value is -0.340. The predicted octanol–water partition coefficient (Wildman–Crippen LogP) is 3.35. The minimum absolute atomic E-state index is 0.138. The quantitative estimate of drug-likeness (QED) is 0.817. The van der Waals surface area contributed by atoms with Crippen molar-refractivity contribution in [3.8, 4) is 0 Å². The number of hydrogen-bond donors (Lipinski definition) is 1. The van der Waals surface area contributed by atoms with Gasteiger partial charge in [-0.25, -0.2) is 0 Å². The fourth-order valence-corrected chi connectivity index (χ4v) is 2.82. The molecular weight excluding hydrogens is 238 g/mol. The highest BCUT2D eigenvalue weighted by Gasteiger charge is 2.14. The molecule has 0 aromatic heterocycles. The summed E-state index contributed by atoms with van der Waals surface area (Å²) in [6.07, 6.45) is 5.08. The average molecular weight is 254 g/mol. The summed E-state index contributed by atoms with van der Waals surface area (Å²) < 4.78 is 1.25. The average Bonchev–Trinajstić information content (AvgIpc) is 2.17. The van der Waals surface area contributed by atoms with E-state index in [2.05, 4.69) is 28.1 Å². The smallest absolute Gasteiger partial charge is 0.0266 e. The van der Waals surface area contributed by atoms with Crippen molar-refractivity contribution >= 4 is 15.9 Å². The van der Waals surface area contributed by atoms with Crippen LogP contribution in [0.2, 0.25) is 0 Å². The van der Waals surface area contributed by atoms with E-state index in [-0.39, 0.29) is 6.04 Å². The topological polar surface area (TPSA) is 26.0 Å². The highest BCUT2D eigenvalue weighted by molar-refractivity contribution is 9.10. The van der Waals surface area contributed by atoms with Gasteiger partial charge in [-0.1, -0.05) is 22.0 Å². The molecule has 0 saturated carbocycles. The zero-order chi connectivity index (χ0) is 10.1. The maximum absolute atomic E-state index is 5.89. The lowest BCUT2D eigenvalue weighted by molar-refractivity contribution is 0.679. The van der Waals surface area contributed by atoms with Gasteiger partial charge in [0.1, 0.15) is 0 Å². The van der Waals surface area contributed by atoms with Crippen molar-refractivity contribution in [2.24, 2.45) is 5.73 Å². The first-order valence-corrected chi connectivity index (χ1v) is 6.04. The molecule has 0 spiro atoms. The lowest BCUT2D eigenvalue weighted by Gasteiger charge is -2.19. The Labute approximate surface area is 93.8 Å². The highest BCUT2D eigenvalue weighted by Crippen LogP contribution is 2.30. The van der Waals surface area contributed by atoms with Gasteiger partial charge in [-0.3, -0.25) is 0 Å². The van der Waals surface area contributed by atoms with Crippen LogP contribution in [0.3, 0.4) is 0 Å². The molecular formula is C12H16BrN. The van der Waals surface area contributed by atoms with Gasteiger partial charge in [0, 0.05) is 10.5 Å². The second-order valence-corrected chi connectivity index (χ2v) is 4.99. The number of benzene rings is 1. The molecule has 0 fully saturated rings. The molecule has 0 amide bonds. The molecule has 1 aliphatic carbocycles. The zero-order valence-corrected chi connectivity index (χ0v) is 10.1. The summed E-state index contributed by atoms with van der Waals surface area (Å²) in [5.74, 6) is 0. The Bertz CT molecular complexity index is 344. The number of fused-ring (bicyclic) bond motifs is 1. The normalized spacial score (nSPS) is 17.6. The summed E-state index contributed by atoms with van der Waals surface area (Å²) >= 11 is 3.65. The van der Waals surface area contributed by atoms with Crippen molar-refractivity contribution in [1.29, 1.82) is 0 Å². The summed E-state index contributed by atoms with van der Waals surface area (Å²) in [4.78, 5) is 0. The van der Waals surface area contributed by atoms with Gasteiger partial charge >= 0.3 is 0 Å². The van der Waals surface area contributed by atoms with Crippen LogP contribution in [0.15, 0.2) is 16.6 Å². The molecule has 0 radical (unpaired) electrons. The van der Waals surface area contributed by atoms with E-state index in [9.17, 15) is 0 Å². The van der Waals surface area contributed by atoms with Crippen molar-refractivity contribution < 1.29 is 0 Å². The monoisotopic (exact) mass is 253 g/mol. The molecule has 76 valence electrons. The zero-order valence-electron chi connectivity index (χ0n) is 8.52. The largest absolute Gasteiger partial charge is 0.324 e. The molecule has 0 aliphatic heterocycles. The molecule has 0 bridgehead atoms. The van der Waals surface area contributed by atoms with Crippen LogP contribution in [0.5, 0.6) is 0 Å². The maximum Gasteiger partial charge on any atom is 0.0266 e. The van der Waals surface area contributed by atoms with Crippen LogP contribution in [0.4, 0.5) is 0 Å². The third kappa shape index (κ3) is 1.86. The van der Waals surface area contributed by atoms with Gasteiger partial charge in [-0.15, -0.1) is 0 Å². The van der Waals surface area contributed by atoms with Crippen molar-refractivity contribution in [1.82, 2.24) is 0 Å². The van der Waals surface area contributed by atoms with Crippen molar-refractivity contribution in [2.75, 3.05) is 0 Å². The van der Waals surface area contributed by atoms with Crippen LogP contribution in [-0.4, -0.2) is 0 Å². The van der Waals surface area contributed by atoms with Gasteiger partial charge in [0.25, 0.3) is 0 Å². The lowest BCUT2D eigenvalue weighted by Crippen LogP contribution is -2.09. The number of rotatable bonds is 1. The van der Waals surface area contributed by atoms with Crippen molar-refractivity contribution in [3.05, 3.63) is 33.3 Å². The molecule has 1 aromatic rings. The van der Waals surface area contributed by atoms with E-state index < -0.39 is 0 Å². The molecule has 1 aromatic carbocycles. The minimum atomic E-state index is 0.138. The van der Waals surface area contributed by atoms with E-state index in [0.717, 1.165) is 0 Å². The third-order valence-electron chi connectivity index (χ3n) is 2.96. The van der Waals surface area contributed by atoms with E-state index >= 15 is 0 Å². The summed E-state index contributed by atoms with van der Waals surface area (Å²) in [5.41, 5.74) is 10.1. The number of halogens is 1. The van der Waals surface area contributed by atoms with Gasteiger partial charge in [-0.05, 0) is 55.4 Å². The summed E-state index contributed by atoms with van der Waals surface area (Å²) in [6.45, 7) is 2.04. The lowest BCUT2D eigenvalue weighted by atomic mass is 9.89. The van der Waals surface area contributed by atoms with Gasteiger partial charge in [0.05, 0.1) is 0 Å². The Balaban J connectivity index is 2.46. The molecule has 2 heteroatoms. The van der Waals surface area contributed by atoms with Crippen LogP contribution >= 0.6 is 15.9 Å². The molecule has 14 heavy (non-hydrogen) atoms. The van der Waals surface area contributed by atoms with Gasteiger partial charge < -0.3 is 5.73 Å². The second-order valence-electron chi connectivity index (χ2n) is 4.14. The second kappa shape index (κ2) is 4.03. The van der Waals surface area contributed by atoms with E-state index in [1.54, 1.807) is 0 Å². The van der Waals surface area contributed by atoms with E-state index in [1.165, 1.54) is 46.8 Å². The van der Waals surface area contributed by atoms with Crippen LogP contribution in [0.1, 0.15) is 42.5 Å². The predicted molar refractivity (Wildman–Crippen MR) is 63.4 cm³/mol. The standard InChI is InChI=1S/C12H16BrN/c1-8(14)10-6-9-4-2-3-5-11(9)12(13)7-10/h6-8H,2-5,14H2,1H3. The molecule has 1 aliphatic rings. The van der Waals surface area contributed by atoms with E-state index in [0.29, 0.717) is 0 Å². The first-order valence-electron chi connectivity index (χ1n) is 5.25. The van der Waals surface area contributed by atoms with Gasteiger partial charge in [0.2, 0.25) is 0 Å². The van der Waals surface area contributed by atoms with Crippen LogP contribution in [-0.2, 0) is 12.8 Å². The number of hydrogen-bond acceptors (Lipinski definition) is 1. The summed E-state index contributed by atoms with van der Waals surface area (Å²) in [6, 6.07) is 4.59. The third-order valence-corrected chi connectivity index (χ3v) is 3.67. The fraction of sp³-hybridized carbons (Fsp3) is 0.500. The Morgan fingerprint density at radius 2 is 2.00 bits per heavy atom. The van der Waals surface area contributed by atoms with E-state index in [1.807, 2.05) is 6.92 Å². The molecule has 0 heterocycles.